The van der Waals surface area contributed by atoms with Crippen molar-refractivity contribution in [1.82, 2.24) is 19.7 Å². The Morgan fingerprint density at radius 2 is 1.78 bits per heavy atom. The molecule has 0 saturated carbocycles. The molecule has 0 N–H and O–H groups in total. The smallest absolute Gasteiger partial charge is 0.233 e. The lowest BCUT2D eigenvalue weighted by Gasteiger charge is -2.34. The van der Waals surface area contributed by atoms with Gasteiger partial charge in [0.25, 0.3) is 0 Å². The van der Waals surface area contributed by atoms with E-state index >= 15 is 0 Å². The maximum Gasteiger partial charge on any atom is 0.233 e. The molecule has 166 valence electrons. The lowest BCUT2D eigenvalue weighted by Crippen LogP contribution is -2.43. The molecule has 2 aromatic carbocycles. The van der Waals surface area contributed by atoms with E-state index in [1.165, 1.54) is 18.2 Å². The van der Waals surface area contributed by atoms with Crippen molar-refractivity contribution in [3.8, 4) is 28.6 Å². The molecule has 2 aliphatic heterocycles. The number of nitrogens with zero attached hydrogens (tertiary/aromatic N) is 4. The number of likely N-dealkylation sites (tertiary alicyclic amines) is 1. The Morgan fingerprint density at radius 3 is 2.56 bits per heavy atom. The highest BCUT2D eigenvalue weighted by atomic mass is 32.2. The number of piperidine rings is 1. The maximum absolute atomic E-state index is 12.9. The fraction of sp³-hybridized carbons (Fsp3) is 0.375. The number of fused-ring (bicyclic) bond motifs is 1. The first-order chi connectivity index (χ1) is 15.6. The highest BCUT2D eigenvalue weighted by Crippen LogP contribution is 2.37. The molecular formula is C24H26N4O3S. The summed E-state index contributed by atoms with van der Waals surface area (Å²) < 4.78 is 13.0. The van der Waals surface area contributed by atoms with Crippen molar-refractivity contribution in [2.45, 2.75) is 25.4 Å². The van der Waals surface area contributed by atoms with Crippen molar-refractivity contribution in [3.63, 3.8) is 0 Å². The van der Waals surface area contributed by atoms with Crippen LogP contribution in [0.4, 0.5) is 0 Å². The van der Waals surface area contributed by atoms with Gasteiger partial charge in [0.05, 0.1) is 5.75 Å². The quantitative estimate of drug-likeness (QED) is 0.541. The molecule has 7 nitrogen and oxygen atoms in total. The van der Waals surface area contributed by atoms with Crippen molar-refractivity contribution >= 4 is 17.7 Å². The molecule has 0 radical (unpaired) electrons. The molecule has 2 atom stereocenters. The largest absolute Gasteiger partial charge is 0.454 e. The van der Waals surface area contributed by atoms with Crippen molar-refractivity contribution in [2.75, 3.05) is 25.6 Å². The fourth-order valence-electron chi connectivity index (χ4n) is 4.48. The number of amides is 1. The van der Waals surface area contributed by atoms with Crippen molar-refractivity contribution in [1.29, 1.82) is 0 Å². The van der Waals surface area contributed by atoms with E-state index < -0.39 is 0 Å². The standard InChI is InChI=1S/C24H26N4O3S/c1-16-10-17(2)13-27(12-16)22(29)14-32-24-26-25-23(28(24)19-6-4-3-5-7-19)18-8-9-20-21(11-18)31-15-30-20/h3-9,11,16-17H,10,12-15H2,1-2H3/t16-,17-/m1/s1. The fourth-order valence-corrected chi connectivity index (χ4v) is 5.33. The molecule has 1 aromatic heterocycles. The third-order valence-electron chi connectivity index (χ3n) is 5.82. The number of carbonyl (C=O) groups is 1. The van der Waals surface area contributed by atoms with Gasteiger partial charge in [-0.25, -0.2) is 0 Å². The predicted molar refractivity (Wildman–Crippen MR) is 123 cm³/mol. The first kappa shape index (κ1) is 20.9. The number of hydrogen-bond donors (Lipinski definition) is 0. The number of ether oxygens (including phenoxy) is 2. The SMILES string of the molecule is C[C@@H]1C[C@@H](C)CN(C(=O)CSc2nnc(-c3ccc4c(c3)OCO4)n2-c2ccccc2)C1. The van der Waals surface area contributed by atoms with Gasteiger partial charge in [-0.15, -0.1) is 10.2 Å². The van der Waals surface area contributed by atoms with E-state index in [0.717, 1.165) is 30.1 Å². The molecule has 0 spiro atoms. The van der Waals surface area contributed by atoms with Crippen molar-refractivity contribution in [3.05, 3.63) is 48.5 Å². The van der Waals surface area contributed by atoms with E-state index in [2.05, 4.69) is 24.0 Å². The average molecular weight is 451 g/mol. The first-order valence-electron chi connectivity index (χ1n) is 10.9. The van der Waals surface area contributed by atoms with Gasteiger partial charge in [-0.05, 0) is 48.6 Å². The van der Waals surface area contributed by atoms with Crippen LogP contribution in [-0.4, -0.2) is 51.2 Å². The normalized spacial score (nSPS) is 19.9. The molecule has 2 aliphatic rings. The highest BCUT2D eigenvalue weighted by molar-refractivity contribution is 7.99. The Labute approximate surface area is 191 Å². The molecule has 3 heterocycles. The maximum atomic E-state index is 12.9. The number of hydrogen-bond acceptors (Lipinski definition) is 6. The Morgan fingerprint density at radius 1 is 1.03 bits per heavy atom. The topological polar surface area (TPSA) is 69.5 Å². The van der Waals surface area contributed by atoms with Gasteiger partial charge < -0.3 is 14.4 Å². The summed E-state index contributed by atoms with van der Waals surface area (Å²) in [7, 11) is 0. The molecule has 0 bridgehead atoms. The van der Waals surface area contributed by atoms with Crippen LogP contribution in [0.3, 0.4) is 0 Å². The molecule has 0 aliphatic carbocycles. The summed E-state index contributed by atoms with van der Waals surface area (Å²) in [6, 6.07) is 15.7. The molecule has 8 heteroatoms. The van der Waals surface area contributed by atoms with Gasteiger partial charge in [0.1, 0.15) is 0 Å². The molecule has 1 saturated heterocycles. The van der Waals surface area contributed by atoms with Gasteiger partial charge in [-0.2, -0.15) is 0 Å². The van der Waals surface area contributed by atoms with Gasteiger partial charge >= 0.3 is 0 Å². The number of thioether (sulfide) groups is 1. The van der Waals surface area contributed by atoms with Crippen LogP contribution in [0.2, 0.25) is 0 Å². The van der Waals surface area contributed by atoms with Crippen LogP contribution in [0.5, 0.6) is 11.5 Å². The second-order valence-electron chi connectivity index (χ2n) is 8.58. The van der Waals surface area contributed by atoms with E-state index in [4.69, 9.17) is 9.47 Å². The number of rotatable bonds is 5. The predicted octanol–water partition coefficient (Wildman–Crippen LogP) is 4.26. The van der Waals surface area contributed by atoms with Gasteiger partial charge in [0, 0.05) is 24.3 Å². The lowest BCUT2D eigenvalue weighted by atomic mass is 9.92. The zero-order valence-electron chi connectivity index (χ0n) is 18.2. The van der Waals surface area contributed by atoms with Crippen LogP contribution in [-0.2, 0) is 4.79 Å². The van der Waals surface area contributed by atoms with E-state index in [-0.39, 0.29) is 12.7 Å². The van der Waals surface area contributed by atoms with Gasteiger partial charge in [0.15, 0.2) is 22.5 Å². The Balaban J connectivity index is 1.42. The van der Waals surface area contributed by atoms with Crippen LogP contribution < -0.4 is 9.47 Å². The van der Waals surface area contributed by atoms with Gasteiger partial charge in [-0.1, -0.05) is 43.8 Å². The summed E-state index contributed by atoms with van der Waals surface area (Å²) in [5.41, 5.74) is 1.82. The minimum Gasteiger partial charge on any atom is -0.454 e. The van der Waals surface area contributed by atoms with Gasteiger partial charge in [0.2, 0.25) is 12.7 Å². The second-order valence-corrected chi connectivity index (χ2v) is 9.52. The molecule has 1 fully saturated rings. The van der Waals surface area contributed by atoms with E-state index in [9.17, 15) is 4.79 Å². The number of benzene rings is 2. The molecule has 0 unspecified atom stereocenters. The third-order valence-corrected chi connectivity index (χ3v) is 6.74. The summed E-state index contributed by atoms with van der Waals surface area (Å²) in [6.45, 7) is 6.32. The Kier molecular flexibility index (Phi) is 5.78. The van der Waals surface area contributed by atoms with Crippen LogP contribution in [0, 0.1) is 11.8 Å². The first-order valence-corrected chi connectivity index (χ1v) is 11.9. The van der Waals surface area contributed by atoms with Gasteiger partial charge in [-0.3, -0.25) is 9.36 Å². The van der Waals surface area contributed by atoms with Crippen LogP contribution in [0.25, 0.3) is 17.1 Å². The number of aromatic nitrogens is 3. The van der Waals surface area contributed by atoms with E-state index in [0.29, 0.717) is 34.3 Å². The minimum absolute atomic E-state index is 0.153. The Hall–Kier alpha value is -3.00. The molecule has 5 rings (SSSR count). The van der Waals surface area contributed by atoms with Crippen LogP contribution in [0.15, 0.2) is 53.7 Å². The second kappa shape index (κ2) is 8.86. The molecule has 3 aromatic rings. The lowest BCUT2D eigenvalue weighted by molar-refractivity contribution is -0.130. The van der Waals surface area contributed by atoms with Crippen molar-refractivity contribution < 1.29 is 14.3 Å². The summed E-state index contributed by atoms with van der Waals surface area (Å²) >= 11 is 1.43. The molecule has 32 heavy (non-hydrogen) atoms. The van der Waals surface area contributed by atoms with E-state index in [1.807, 2.05) is 58.0 Å². The zero-order valence-corrected chi connectivity index (χ0v) is 19.0. The average Bonchev–Trinajstić information content (AvgIpc) is 3.43. The molecule has 1 amide bonds. The monoisotopic (exact) mass is 450 g/mol. The number of carbonyl (C=O) groups excluding carboxylic acids is 1. The van der Waals surface area contributed by atoms with Crippen molar-refractivity contribution in [2.24, 2.45) is 11.8 Å². The van der Waals surface area contributed by atoms with Crippen LogP contribution in [0.1, 0.15) is 20.3 Å². The summed E-state index contributed by atoms with van der Waals surface area (Å²) in [6.07, 6.45) is 1.18. The van der Waals surface area contributed by atoms with E-state index in [1.54, 1.807) is 0 Å². The van der Waals surface area contributed by atoms with Crippen LogP contribution >= 0.6 is 11.8 Å². The minimum atomic E-state index is 0.153. The summed E-state index contributed by atoms with van der Waals surface area (Å²) in [5.74, 6) is 3.69. The third kappa shape index (κ3) is 4.19. The Bertz CT molecular complexity index is 1110. The summed E-state index contributed by atoms with van der Waals surface area (Å²) in [4.78, 5) is 14.9. The zero-order chi connectivity index (χ0) is 22.1. The highest BCUT2D eigenvalue weighted by Gasteiger charge is 2.26. The molecular weight excluding hydrogens is 424 g/mol. The number of para-hydroxylation sites is 1. The summed E-state index contributed by atoms with van der Waals surface area (Å²) in [5, 5.41) is 9.61.